The van der Waals surface area contributed by atoms with E-state index >= 15 is 0 Å². The maximum absolute atomic E-state index is 10.5. The largest absolute Gasteiger partial charge is 0.390 e. The molecule has 1 saturated carbocycles. The van der Waals surface area contributed by atoms with Crippen LogP contribution in [0.4, 0.5) is 0 Å². The minimum atomic E-state index is -0.343. The van der Waals surface area contributed by atoms with Crippen molar-refractivity contribution in [2.24, 2.45) is 5.92 Å². The van der Waals surface area contributed by atoms with Crippen LogP contribution in [0.1, 0.15) is 55.8 Å². The van der Waals surface area contributed by atoms with Crippen molar-refractivity contribution in [2.45, 2.75) is 57.2 Å². The zero-order valence-corrected chi connectivity index (χ0v) is 11.6. The molecule has 0 aromatic heterocycles. The lowest BCUT2D eigenvalue weighted by Crippen LogP contribution is -2.29. The van der Waals surface area contributed by atoms with Crippen molar-refractivity contribution in [1.82, 2.24) is 0 Å². The Hall–Kier alpha value is -0.860. The van der Waals surface area contributed by atoms with Crippen molar-refractivity contribution < 1.29 is 9.84 Å². The molecule has 0 amide bonds. The van der Waals surface area contributed by atoms with Crippen LogP contribution in [-0.4, -0.2) is 17.8 Å². The van der Waals surface area contributed by atoms with E-state index in [1.165, 1.54) is 43.2 Å². The number of rotatable bonds is 3. The molecule has 1 aromatic carbocycles. The van der Waals surface area contributed by atoms with Crippen molar-refractivity contribution in [2.75, 3.05) is 6.61 Å². The number of benzene rings is 1. The molecule has 1 fully saturated rings. The monoisotopic (exact) mass is 260 g/mol. The smallest absolute Gasteiger partial charge is 0.109 e. The molecule has 1 N–H and O–H groups in total. The highest BCUT2D eigenvalue weighted by Gasteiger charge is 2.29. The minimum Gasteiger partial charge on any atom is -0.390 e. The number of aliphatic hydroxyl groups is 1. The molecule has 3 rings (SSSR count). The quantitative estimate of drug-likeness (QED) is 0.899. The van der Waals surface area contributed by atoms with Crippen LogP contribution in [0, 0.1) is 5.92 Å². The molecular weight excluding hydrogens is 236 g/mol. The second-order valence-electron chi connectivity index (χ2n) is 6.05. The summed E-state index contributed by atoms with van der Waals surface area (Å²) >= 11 is 0. The Kier molecular flexibility index (Phi) is 4.19. The first-order chi connectivity index (χ1) is 9.34. The molecule has 1 heterocycles. The van der Waals surface area contributed by atoms with E-state index in [2.05, 4.69) is 18.2 Å². The van der Waals surface area contributed by atoms with Gasteiger partial charge in [0.2, 0.25) is 0 Å². The molecule has 104 valence electrons. The van der Waals surface area contributed by atoms with Crippen molar-refractivity contribution in [3.05, 3.63) is 35.4 Å². The molecule has 2 aliphatic rings. The Morgan fingerprint density at radius 3 is 2.79 bits per heavy atom. The van der Waals surface area contributed by atoms with Gasteiger partial charge in [-0.2, -0.15) is 0 Å². The molecule has 0 radical (unpaired) electrons. The topological polar surface area (TPSA) is 29.5 Å². The van der Waals surface area contributed by atoms with Gasteiger partial charge in [0.15, 0.2) is 0 Å². The highest BCUT2D eigenvalue weighted by molar-refractivity contribution is 5.31. The van der Waals surface area contributed by atoms with Gasteiger partial charge in [-0.25, -0.2) is 0 Å². The van der Waals surface area contributed by atoms with Gasteiger partial charge in [-0.05, 0) is 29.9 Å². The van der Waals surface area contributed by atoms with E-state index in [4.69, 9.17) is 4.74 Å². The minimum absolute atomic E-state index is 0.105. The van der Waals surface area contributed by atoms with Crippen LogP contribution in [0.2, 0.25) is 0 Å². The van der Waals surface area contributed by atoms with Crippen LogP contribution in [0.5, 0.6) is 0 Å². The van der Waals surface area contributed by atoms with Gasteiger partial charge in [0.25, 0.3) is 0 Å². The third-order valence-corrected chi connectivity index (χ3v) is 4.68. The first-order valence-electron chi connectivity index (χ1n) is 7.72. The Bertz CT molecular complexity index is 409. The van der Waals surface area contributed by atoms with Crippen LogP contribution in [0.3, 0.4) is 0 Å². The zero-order valence-electron chi connectivity index (χ0n) is 11.6. The first kappa shape index (κ1) is 13.1. The average molecular weight is 260 g/mol. The molecule has 0 spiro atoms. The summed E-state index contributed by atoms with van der Waals surface area (Å²) in [6, 6.07) is 8.41. The van der Waals surface area contributed by atoms with Gasteiger partial charge in [0, 0.05) is 0 Å². The summed E-state index contributed by atoms with van der Waals surface area (Å²) in [5, 5.41) is 10.5. The Morgan fingerprint density at radius 2 is 1.95 bits per heavy atom. The number of hydrogen-bond donors (Lipinski definition) is 1. The molecule has 2 atom stereocenters. The summed E-state index contributed by atoms with van der Waals surface area (Å²) in [6.07, 6.45) is 8.03. The van der Waals surface area contributed by atoms with E-state index in [9.17, 15) is 5.11 Å². The number of hydrogen-bond acceptors (Lipinski definition) is 2. The highest BCUT2D eigenvalue weighted by atomic mass is 16.5. The molecule has 2 heteroatoms. The molecular formula is C17H24O2. The fraction of sp³-hybridized carbons (Fsp3) is 0.647. The molecule has 1 aromatic rings. The fourth-order valence-corrected chi connectivity index (χ4v) is 3.63. The summed E-state index contributed by atoms with van der Waals surface area (Å²) in [7, 11) is 0. The zero-order chi connectivity index (χ0) is 13.1. The second-order valence-corrected chi connectivity index (χ2v) is 6.05. The van der Waals surface area contributed by atoms with Crippen LogP contribution >= 0.6 is 0 Å². The first-order valence-corrected chi connectivity index (χ1v) is 7.72. The van der Waals surface area contributed by atoms with E-state index in [1.807, 2.05) is 6.07 Å². The third kappa shape index (κ3) is 3.01. The number of fused-ring (bicyclic) bond motifs is 1. The molecule has 2 nitrogen and oxygen atoms in total. The standard InChI is InChI=1S/C17H24O2/c18-16(12-13-6-2-1-3-7-13)17-15-9-5-4-8-14(15)10-11-19-17/h4-5,8-9,13,16-18H,1-3,6-7,10-12H2. The van der Waals surface area contributed by atoms with E-state index < -0.39 is 0 Å². The summed E-state index contributed by atoms with van der Waals surface area (Å²) in [4.78, 5) is 0. The van der Waals surface area contributed by atoms with Gasteiger partial charge in [0.1, 0.15) is 6.10 Å². The molecule has 2 unspecified atom stereocenters. The highest BCUT2D eigenvalue weighted by Crippen LogP contribution is 2.35. The van der Waals surface area contributed by atoms with Crippen LogP contribution in [0.25, 0.3) is 0 Å². The number of aliphatic hydroxyl groups excluding tert-OH is 1. The van der Waals surface area contributed by atoms with Gasteiger partial charge >= 0.3 is 0 Å². The van der Waals surface area contributed by atoms with Crippen molar-refractivity contribution >= 4 is 0 Å². The maximum atomic E-state index is 10.5. The second kappa shape index (κ2) is 6.06. The summed E-state index contributed by atoms with van der Waals surface area (Å²) < 4.78 is 5.86. The predicted molar refractivity (Wildman–Crippen MR) is 76.0 cm³/mol. The van der Waals surface area contributed by atoms with Gasteiger partial charge < -0.3 is 9.84 Å². The molecule has 0 bridgehead atoms. The lowest BCUT2D eigenvalue weighted by molar-refractivity contribution is -0.0569. The lowest BCUT2D eigenvalue weighted by Gasteiger charge is -2.32. The average Bonchev–Trinajstić information content (AvgIpc) is 2.47. The van der Waals surface area contributed by atoms with Gasteiger partial charge in [0.05, 0.1) is 12.7 Å². The lowest BCUT2D eigenvalue weighted by atomic mass is 9.83. The van der Waals surface area contributed by atoms with Gasteiger partial charge in [-0.1, -0.05) is 56.4 Å². The van der Waals surface area contributed by atoms with E-state index in [1.54, 1.807) is 0 Å². The number of ether oxygens (including phenoxy) is 1. The van der Waals surface area contributed by atoms with Crippen LogP contribution in [0.15, 0.2) is 24.3 Å². The molecule has 1 aliphatic carbocycles. The Labute approximate surface area is 115 Å². The van der Waals surface area contributed by atoms with Crippen molar-refractivity contribution in [3.63, 3.8) is 0 Å². The SMILES string of the molecule is OC(CC1CCCCC1)C1OCCc2ccccc21. The van der Waals surface area contributed by atoms with Crippen molar-refractivity contribution in [1.29, 1.82) is 0 Å². The van der Waals surface area contributed by atoms with E-state index in [0.717, 1.165) is 19.4 Å². The summed E-state index contributed by atoms with van der Waals surface area (Å²) in [6.45, 7) is 0.739. The Balaban J connectivity index is 1.68. The molecule has 0 saturated heterocycles. The van der Waals surface area contributed by atoms with Gasteiger partial charge in [-0.3, -0.25) is 0 Å². The predicted octanol–water partition coefficient (Wildman–Crippen LogP) is 3.63. The van der Waals surface area contributed by atoms with Crippen molar-refractivity contribution in [3.8, 4) is 0 Å². The van der Waals surface area contributed by atoms with Crippen LogP contribution in [-0.2, 0) is 11.2 Å². The Morgan fingerprint density at radius 1 is 1.16 bits per heavy atom. The molecule has 19 heavy (non-hydrogen) atoms. The normalized spacial score (nSPS) is 25.8. The fourth-order valence-electron chi connectivity index (χ4n) is 3.63. The summed E-state index contributed by atoms with van der Waals surface area (Å²) in [5.74, 6) is 0.696. The summed E-state index contributed by atoms with van der Waals surface area (Å²) in [5.41, 5.74) is 2.55. The third-order valence-electron chi connectivity index (χ3n) is 4.68. The van der Waals surface area contributed by atoms with Crippen LogP contribution < -0.4 is 0 Å². The molecule has 1 aliphatic heterocycles. The van der Waals surface area contributed by atoms with E-state index in [0.29, 0.717) is 5.92 Å². The van der Waals surface area contributed by atoms with Gasteiger partial charge in [-0.15, -0.1) is 0 Å². The van der Waals surface area contributed by atoms with E-state index in [-0.39, 0.29) is 12.2 Å². The maximum Gasteiger partial charge on any atom is 0.109 e.